The Kier molecular flexibility index (Phi) is 5.84. The van der Waals surface area contributed by atoms with Crippen LogP contribution in [0.25, 0.3) is 10.1 Å². The number of hydrogen-bond acceptors (Lipinski definition) is 6. The van der Waals surface area contributed by atoms with Crippen LogP contribution in [0.2, 0.25) is 0 Å². The number of nitrogens with one attached hydrogen (secondary N) is 1. The maximum absolute atomic E-state index is 12.9. The molecule has 29 heavy (non-hydrogen) atoms. The van der Waals surface area contributed by atoms with Crippen molar-refractivity contribution in [2.45, 2.75) is 44.7 Å². The van der Waals surface area contributed by atoms with Gasteiger partial charge in [0.15, 0.2) is 0 Å². The van der Waals surface area contributed by atoms with E-state index in [1.54, 1.807) is 11.7 Å². The van der Waals surface area contributed by atoms with Crippen molar-refractivity contribution in [3.05, 3.63) is 41.0 Å². The predicted molar refractivity (Wildman–Crippen MR) is 111 cm³/mol. The fraction of sp³-hybridized carbons (Fsp3) is 0.450. The number of thiophene rings is 1. The molecule has 0 bridgehead atoms. The summed E-state index contributed by atoms with van der Waals surface area (Å²) in [5.74, 6) is 0.0554. The van der Waals surface area contributed by atoms with Gasteiger partial charge in [-0.2, -0.15) is 0 Å². The van der Waals surface area contributed by atoms with Crippen LogP contribution in [0.3, 0.4) is 0 Å². The average Bonchev–Trinajstić information content (AvgIpc) is 3.40. The molecule has 0 spiro atoms. The number of hydrogen-bond donors (Lipinski definition) is 1. The molecule has 152 valence electrons. The van der Waals surface area contributed by atoms with Crippen LogP contribution in [0, 0.1) is 0 Å². The van der Waals surface area contributed by atoms with Gasteiger partial charge in [0.25, 0.3) is 5.91 Å². The van der Waals surface area contributed by atoms with E-state index in [0.717, 1.165) is 46.3 Å². The molecule has 1 atom stereocenters. The maximum atomic E-state index is 12.9. The summed E-state index contributed by atoms with van der Waals surface area (Å²) < 4.78 is 2.68. The lowest BCUT2D eigenvalue weighted by atomic mass is 9.93. The number of tetrazole rings is 1. The quantitative estimate of drug-likeness (QED) is 0.670. The molecule has 3 heterocycles. The number of carbonyl (C=O) groups is 2. The van der Waals surface area contributed by atoms with E-state index >= 15 is 0 Å². The molecule has 1 fully saturated rings. The summed E-state index contributed by atoms with van der Waals surface area (Å²) in [6.07, 6.45) is 5.65. The standard InChI is InChI=1S/C20H24N6O2S/c1-21-20(28)19-16(15-7-2-3-8-17(15)29-19)12-14-6-4-5-10-26(14)18(27)9-11-25-13-22-23-24-25/h2-3,7-8,13-14H,4-6,9-12H2,1H3,(H,21,28)/t14-/m1/s1. The zero-order valence-electron chi connectivity index (χ0n) is 16.4. The molecule has 3 aromatic rings. The van der Waals surface area contributed by atoms with Crippen LogP contribution in [0.5, 0.6) is 0 Å². The van der Waals surface area contributed by atoms with Gasteiger partial charge in [0.2, 0.25) is 5.91 Å². The third kappa shape index (κ3) is 4.14. The van der Waals surface area contributed by atoms with E-state index in [2.05, 4.69) is 26.9 Å². The molecule has 1 N–H and O–H groups in total. The second kappa shape index (κ2) is 8.69. The van der Waals surface area contributed by atoms with E-state index in [-0.39, 0.29) is 17.9 Å². The largest absolute Gasteiger partial charge is 0.354 e. The lowest BCUT2D eigenvalue weighted by molar-refractivity contribution is -0.135. The van der Waals surface area contributed by atoms with Crippen LogP contribution >= 0.6 is 11.3 Å². The molecule has 0 radical (unpaired) electrons. The van der Waals surface area contributed by atoms with Crippen LogP contribution in [0.15, 0.2) is 30.6 Å². The van der Waals surface area contributed by atoms with Crippen molar-refractivity contribution >= 4 is 33.2 Å². The van der Waals surface area contributed by atoms with Gasteiger partial charge < -0.3 is 10.2 Å². The summed E-state index contributed by atoms with van der Waals surface area (Å²) in [5, 5.41) is 14.9. The summed E-state index contributed by atoms with van der Waals surface area (Å²) in [6, 6.07) is 8.21. The van der Waals surface area contributed by atoms with Gasteiger partial charge in [-0.05, 0) is 53.1 Å². The second-order valence-corrected chi connectivity index (χ2v) is 8.30. The highest BCUT2D eigenvalue weighted by Crippen LogP contribution is 2.34. The average molecular weight is 413 g/mol. The van der Waals surface area contributed by atoms with Crippen LogP contribution in [0.4, 0.5) is 0 Å². The molecule has 1 aliphatic rings. The first-order valence-electron chi connectivity index (χ1n) is 9.90. The minimum absolute atomic E-state index is 0.0615. The van der Waals surface area contributed by atoms with Crippen LogP contribution in [-0.2, 0) is 17.8 Å². The van der Waals surface area contributed by atoms with E-state index in [9.17, 15) is 9.59 Å². The molecular formula is C20H24N6O2S. The molecule has 2 amide bonds. The molecule has 2 aromatic heterocycles. The van der Waals surface area contributed by atoms with Gasteiger partial charge in [-0.1, -0.05) is 18.2 Å². The Bertz CT molecular complexity index is 1000. The van der Waals surface area contributed by atoms with Crippen molar-refractivity contribution in [3.8, 4) is 0 Å². The summed E-state index contributed by atoms with van der Waals surface area (Å²) >= 11 is 1.52. The number of aryl methyl sites for hydroxylation is 1. The molecular weight excluding hydrogens is 388 g/mol. The number of amides is 2. The molecule has 0 saturated carbocycles. The third-order valence-electron chi connectivity index (χ3n) is 5.47. The second-order valence-electron chi connectivity index (χ2n) is 7.25. The van der Waals surface area contributed by atoms with Gasteiger partial charge in [-0.15, -0.1) is 16.4 Å². The highest BCUT2D eigenvalue weighted by molar-refractivity contribution is 7.21. The fourth-order valence-electron chi connectivity index (χ4n) is 4.01. The van der Waals surface area contributed by atoms with Crippen LogP contribution in [0.1, 0.15) is 40.9 Å². The van der Waals surface area contributed by atoms with Crippen molar-refractivity contribution in [1.82, 2.24) is 30.4 Å². The van der Waals surface area contributed by atoms with Gasteiger partial charge >= 0.3 is 0 Å². The number of benzene rings is 1. The van der Waals surface area contributed by atoms with Gasteiger partial charge in [0, 0.05) is 30.8 Å². The summed E-state index contributed by atoms with van der Waals surface area (Å²) in [6.45, 7) is 1.23. The van der Waals surface area contributed by atoms with E-state index in [1.165, 1.54) is 17.7 Å². The Balaban J connectivity index is 1.56. The minimum atomic E-state index is -0.0615. The Hall–Kier alpha value is -2.81. The number of carbonyl (C=O) groups excluding carboxylic acids is 2. The monoisotopic (exact) mass is 412 g/mol. The molecule has 1 aromatic carbocycles. The summed E-state index contributed by atoms with van der Waals surface area (Å²) in [7, 11) is 1.66. The van der Waals surface area contributed by atoms with Gasteiger partial charge in [-0.3, -0.25) is 9.59 Å². The van der Waals surface area contributed by atoms with Crippen LogP contribution in [-0.4, -0.2) is 56.6 Å². The number of piperidine rings is 1. The topological polar surface area (TPSA) is 93.0 Å². The Morgan fingerprint density at radius 3 is 2.93 bits per heavy atom. The van der Waals surface area contributed by atoms with Crippen LogP contribution < -0.4 is 5.32 Å². The van der Waals surface area contributed by atoms with E-state index < -0.39 is 0 Å². The smallest absolute Gasteiger partial charge is 0.261 e. The molecule has 1 saturated heterocycles. The van der Waals surface area contributed by atoms with Crippen molar-refractivity contribution in [3.63, 3.8) is 0 Å². The minimum Gasteiger partial charge on any atom is -0.354 e. The molecule has 0 unspecified atom stereocenters. The van der Waals surface area contributed by atoms with Gasteiger partial charge in [0.05, 0.1) is 11.4 Å². The van der Waals surface area contributed by atoms with Crippen molar-refractivity contribution in [1.29, 1.82) is 0 Å². The zero-order valence-corrected chi connectivity index (χ0v) is 17.2. The SMILES string of the molecule is CNC(=O)c1sc2ccccc2c1C[C@H]1CCCCN1C(=O)CCn1cnnn1. The number of likely N-dealkylation sites (tertiary alicyclic amines) is 1. The predicted octanol–water partition coefficient (Wildman–Crippen LogP) is 2.26. The number of aromatic nitrogens is 4. The van der Waals surface area contributed by atoms with E-state index in [4.69, 9.17) is 0 Å². The normalized spacial score (nSPS) is 16.9. The Morgan fingerprint density at radius 1 is 1.28 bits per heavy atom. The first-order chi connectivity index (χ1) is 14.2. The van der Waals surface area contributed by atoms with E-state index in [1.807, 2.05) is 23.1 Å². The first-order valence-corrected chi connectivity index (χ1v) is 10.7. The zero-order chi connectivity index (χ0) is 20.2. The van der Waals surface area contributed by atoms with Gasteiger partial charge in [-0.25, -0.2) is 4.68 Å². The van der Waals surface area contributed by atoms with Gasteiger partial charge in [0.1, 0.15) is 6.33 Å². The lowest BCUT2D eigenvalue weighted by Crippen LogP contribution is -2.45. The molecule has 0 aliphatic carbocycles. The highest BCUT2D eigenvalue weighted by atomic mass is 32.1. The Labute approximate surface area is 172 Å². The maximum Gasteiger partial charge on any atom is 0.261 e. The third-order valence-corrected chi connectivity index (χ3v) is 6.68. The number of rotatable bonds is 6. The fourth-order valence-corrected chi connectivity index (χ4v) is 5.19. The van der Waals surface area contributed by atoms with Crippen molar-refractivity contribution in [2.24, 2.45) is 0 Å². The number of nitrogens with zero attached hydrogens (tertiary/aromatic N) is 5. The Morgan fingerprint density at radius 2 is 2.14 bits per heavy atom. The molecule has 1 aliphatic heterocycles. The van der Waals surface area contributed by atoms with E-state index in [0.29, 0.717) is 19.4 Å². The van der Waals surface area contributed by atoms with Crippen molar-refractivity contribution < 1.29 is 9.59 Å². The summed E-state index contributed by atoms with van der Waals surface area (Å²) in [4.78, 5) is 28.2. The van der Waals surface area contributed by atoms with Crippen molar-refractivity contribution in [2.75, 3.05) is 13.6 Å². The molecule has 4 rings (SSSR count). The molecule has 8 nitrogen and oxygen atoms in total. The first kappa shape index (κ1) is 19.5. The number of fused-ring (bicyclic) bond motifs is 1. The summed E-state index contributed by atoms with van der Waals surface area (Å²) in [5.41, 5.74) is 1.05. The highest BCUT2D eigenvalue weighted by Gasteiger charge is 2.29. The lowest BCUT2D eigenvalue weighted by Gasteiger charge is -2.36. The molecule has 9 heteroatoms.